The monoisotopic (exact) mass is 526 g/mol. The summed E-state index contributed by atoms with van der Waals surface area (Å²) < 4.78 is 13.7. The van der Waals surface area contributed by atoms with Gasteiger partial charge in [-0.25, -0.2) is 10.1 Å². The molecule has 0 amide bonds. The first-order chi connectivity index (χ1) is 15.4. The average Bonchev–Trinajstić information content (AvgIpc) is 2.79. The predicted molar refractivity (Wildman–Crippen MR) is 130 cm³/mol. The van der Waals surface area contributed by atoms with E-state index < -0.39 is 0 Å². The molecule has 0 saturated heterocycles. The number of nitrogens with zero attached hydrogens (tertiary/aromatic N) is 1. The maximum Gasteiger partial charge on any atom is 0.352 e. The lowest BCUT2D eigenvalue weighted by atomic mass is 10.1. The molecule has 1 N–H and O–H groups in total. The first-order valence-electron chi connectivity index (χ1n) is 10.2. The van der Waals surface area contributed by atoms with Crippen molar-refractivity contribution in [3.05, 3.63) is 88.4 Å². The summed E-state index contributed by atoms with van der Waals surface area (Å²) in [5, 5.41) is 4.41. The first-order valence-corrected chi connectivity index (χ1v) is 11.0. The molecule has 0 spiro atoms. The molecule has 1 heterocycles. The fourth-order valence-electron chi connectivity index (χ4n) is 3.56. The van der Waals surface area contributed by atoms with Crippen LogP contribution < -0.4 is 31.8 Å². The predicted octanol–water partition coefficient (Wildman–Crippen LogP) is 2.98. The number of fused-ring (bicyclic) bond motifs is 1. The zero-order valence-electron chi connectivity index (χ0n) is 18.6. The number of aromatic nitrogens is 1. The van der Waals surface area contributed by atoms with E-state index in [9.17, 15) is 4.79 Å². The third kappa shape index (κ3) is 5.64. The minimum absolute atomic E-state index is 0. The van der Waals surface area contributed by atoms with E-state index in [0.29, 0.717) is 11.6 Å². The van der Waals surface area contributed by atoms with Gasteiger partial charge in [-0.05, 0) is 80.1 Å². The van der Waals surface area contributed by atoms with E-state index in [1.165, 1.54) is 0 Å². The Morgan fingerprint density at radius 3 is 2.27 bits per heavy atom. The first kappa shape index (κ1) is 24.6. The second-order valence-electron chi connectivity index (χ2n) is 7.56. The smallest absolute Gasteiger partial charge is 0.352 e. The molecule has 170 valence electrons. The molecule has 33 heavy (non-hydrogen) atoms. The fraction of sp³-hybridized carbons (Fsp3) is 0.154. The largest absolute Gasteiger partial charge is 1.00 e. The van der Waals surface area contributed by atoms with E-state index in [0.717, 1.165) is 37.9 Å². The number of hydrogen-bond donors (Lipinski definition) is 1. The van der Waals surface area contributed by atoms with Gasteiger partial charge in [0.2, 0.25) is 0 Å². The lowest BCUT2D eigenvalue weighted by Crippen LogP contribution is -3.00. The molecular formula is C26H24BrClN2O3. The van der Waals surface area contributed by atoms with Crippen molar-refractivity contribution in [3.63, 3.8) is 0 Å². The highest BCUT2D eigenvalue weighted by molar-refractivity contribution is 9.10. The summed E-state index contributed by atoms with van der Waals surface area (Å²) in [5.41, 5.74) is 3.90. The van der Waals surface area contributed by atoms with Gasteiger partial charge in [0, 0.05) is 15.9 Å². The summed E-state index contributed by atoms with van der Waals surface area (Å²) >= 11 is 3.41. The lowest BCUT2D eigenvalue weighted by molar-refractivity contribution is -0.531. The minimum atomic E-state index is -0.169. The number of aryl methyl sites for hydroxylation is 2. The van der Waals surface area contributed by atoms with Crippen LogP contribution in [-0.4, -0.2) is 19.6 Å². The van der Waals surface area contributed by atoms with Crippen molar-refractivity contribution in [1.82, 2.24) is 0 Å². The number of nitrogens with one attached hydrogen (secondary N) is 1. The molecule has 0 aliphatic carbocycles. The number of hydrogen-bond acceptors (Lipinski definition) is 4. The van der Waals surface area contributed by atoms with Gasteiger partial charge in [0.15, 0.2) is 6.61 Å². The van der Waals surface area contributed by atoms with Crippen LogP contribution in [0.5, 0.6) is 11.5 Å². The molecule has 5 nitrogen and oxygen atoms in total. The second-order valence-corrected chi connectivity index (χ2v) is 8.47. The number of carbonyl (C=O) groups is 1. The molecular weight excluding hydrogens is 504 g/mol. The van der Waals surface area contributed by atoms with E-state index in [-0.39, 0.29) is 24.9 Å². The quantitative estimate of drug-likeness (QED) is 0.392. The maximum absolute atomic E-state index is 13.4. The van der Waals surface area contributed by atoms with Crippen LogP contribution in [0.25, 0.3) is 10.9 Å². The van der Waals surface area contributed by atoms with E-state index in [1.54, 1.807) is 11.7 Å². The SMILES string of the molecule is COc1ccc(Nc2cc(C)c3cc(C)ccc3[n+]2C(=O)COc2ccc(Br)cc2)cc1.[Cl-]. The number of methoxy groups -OCH3 is 1. The van der Waals surface area contributed by atoms with Gasteiger partial charge in [-0.15, -0.1) is 0 Å². The van der Waals surface area contributed by atoms with Gasteiger partial charge in [0.05, 0.1) is 7.11 Å². The van der Waals surface area contributed by atoms with Crippen LogP contribution >= 0.6 is 15.9 Å². The molecule has 0 saturated carbocycles. The zero-order valence-corrected chi connectivity index (χ0v) is 20.9. The summed E-state index contributed by atoms with van der Waals surface area (Å²) in [5.74, 6) is 1.91. The molecule has 3 aromatic carbocycles. The Kier molecular flexibility index (Phi) is 7.95. The van der Waals surface area contributed by atoms with Gasteiger partial charge in [-0.3, -0.25) is 0 Å². The Morgan fingerprint density at radius 1 is 0.939 bits per heavy atom. The summed E-state index contributed by atoms with van der Waals surface area (Å²) in [7, 11) is 1.63. The van der Waals surface area contributed by atoms with Gasteiger partial charge < -0.3 is 21.9 Å². The number of halogens is 2. The van der Waals surface area contributed by atoms with Crippen LogP contribution in [0.2, 0.25) is 0 Å². The standard InChI is InChI=1S/C26H23BrN2O3.ClH/c1-17-4-13-24-23(14-17)18(2)15-25(28-20-7-11-21(31-3)12-8-20)29(24)26(30)16-32-22-9-5-19(27)6-10-22;/h4-15H,16H2,1-3H3;1H. The molecule has 0 unspecified atom stereocenters. The Labute approximate surface area is 207 Å². The Balaban J connectivity index is 0.00000306. The van der Waals surface area contributed by atoms with Crippen LogP contribution in [-0.2, 0) is 0 Å². The van der Waals surface area contributed by atoms with Crippen LogP contribution in [0.1, 0.15) is 15.9 Å². The normalized spacial score (nSPS) is 10.4. The zero-order chi connectivity index (χ0) is 22.7. The van der Waals surface area contributed by atoms with Gasteiger partial charge in [0.1, 0.15) is 22.7 Å². The van der Waals surface area contributed by atoms with E-state index in [2.05, 4.69) is 27.3 Å². The van der Waals surface area contributed by atoms with Gasteiger partial charge in [-0.2, -0.15) is 4.57 Å². The van der Waals surface area contributed by atoms with Crippen LogP contribution in [0.15, 0.2) is 77.3 Å². The van der Waals surface area contributed by atoms with Gasteiger partial charge >= 0.3 is 5.91 Å². The lowest BCUT2D eigenvalue weighted by Gasteiger charge is -2.13. The van der Waals surface area contributed by atoms with Crippen LogP contribution in [0.3, 0.4) is 0 Å². The van der Waals surface area contributed by atoms with Crippen molar-refractivity contribution >= 4 is 44.2 Å². The number of ether oxygens (including phenoxy) is 2. The Morgan fingerprint density at radius 2 is 1.61 bits per heavy atom. The minimum Gasteiger partial charge on any atom is -1.00 e. The van der Waals surface area contributed by atoms with E-state index >= 15 is 0 Å². The van der Waals surface area contributed by atoms with Crippen molar-refractivity contribution in [2.75, 3.05) is 19.0 Å². The van der Waals surface area contributed by atoms with Gasteiger partial charge in [0.25, 0.3) is 5.82 Å². The molecule has 0 aliphatic rings. The maximum atomic E-state index is 13.4. The molecule has 0 aliphatic heterocycles. The number of anilines is 2. The fourth-order valence-corrected chi connectivity index (χ4v) is 3.83. The summed E-state index contributed by atoms with van der Waals surface area (Å²) in [6.07, 6.45) is 0. The van der Waals surface area contributed by atoms with Crippen molar-refractivity contribution < 1.29 is 31.2 Å². The number of benzene rings is 3. The van der Waals surface area contributed by atoms with Crippen LogP contribution in [0, 0.1) is 13.8 Å². The molecule has 1 aromatic heterocycles. The molecule has 7 heteroatoms. The number of carbonyl (C=O) groups excluding carboxylic acids is 1. The summed E-state index contributed by atoms with van der Waals surface area (Å²) in [6, 6.07) is 23.1. The van der Waals surface area contributed by atoms with Crippen molar-refractivity contribution in [2.24, 2.45) is 0 Å². The topological polar surface area (TPSA) is 51.4 Å². The highest BCUT2D eigenvalue weighted by Gasteiger charge is 2.23. The molecule has 0 radical (unpaired) electrons. The van der Waals surface area contributed by atoms with Crippen molar-refractivity contribution in [1.29, 1.82) is 0 Å². The summed E-state index contributed by atoms with van der Waals surface area (Å²) in [6.45, 7) is 4.01. The van der Waals surface area contributed by atoms with Crippen molar-refractivity contribution in [2.45, 2.75) is 13.8 Å². The highest BCUT2D eigenvalue weighted by atomic mass is 79.9. The van der Waals surface area contributed by atoms with Crippen molar-refractivity contribution in [3.8, 4) is 11.5 Å². The summed E-state index contributed by atoms with van der Waals surface area (Å²) in [4.78, 5) is 13.4. The van der Waals surface area contributed by atoms with E-state index in [4.69, 9.17) is 9.47 Å². The Bertz CT molecular complexity index is 1280. The van der Waals surface area contributed by atoms with Gasteiger partial charge in [-0.1, -0.05) is 27.6 Å². The molecule has 0 atom stereocenters. The molecule has 0 fully saturated rings. The average molecular weight is 528 g/mol. The molecule has 4 aromatic rings. The Hall–Kier alpha value is -3.09. The highest BCUT2D eigenvalue weighted by Crippen LogP contribution is 2.24. The molecule has 0 bridgehead atoms. The van der Waals surface area contributed by atoms with E-state index in [1.807, 2.05) is 80.6 Å². The second kappa shape index (κ2) is 10.7. The third-order valence-corrected chi connectivity index (χ3v) is 5.73. The third-order valence-electron chi connectivity index (χ3n) is 5.20. The number of rotatable bonds is 6. The molecule has 4 rings (SSSR count). The van der Waals surface area contributed by atoms with Crippen LogP contribution in [0.4, 0.5) is 11.5 Å². The number of pyridine rings is 1.